The van der Waals surface area contributed by atoms with Gasteiger partial charge in [-0.25, -0.2) is 4.98 Å². The third-order valence-electron chi connectivity index (χ3n) is 5.82. The number of nitrogens with zero attached hydrogens (tertiary/aromatic N) is 1. The summed E-state index contributed by atoms with van der Waals surface area (Å²) in [6, 6.07) is 14.1. The minimum absolute atomic E-state index is 0.0819. The topological polar surface area (TPSA) is 80.7 Å². The number of nitrogens with one attached hydrogen (secondary N) is 1. The van der Waals surface area contributed by atoms with Crippen molar-refractivity contribution in [2.75, 3.05) is 19.0 Å². The van der Waals surface area contributed by atoms with E-state index in [0.29, 0.717) is 19.0 Å². The molecular formula is C25H26N2O4. The Balaban J connectivity index is 1.52. The number of ether oxygens (including phenoxy) is 2. The Morgan fingerprint density at radius 2 is 2.06 bits per heavy atom. The van der Waals surface area contributed by atoms with E-state index in [4.69, 9.17) is 14.6 Å². The summed E-state index contributed by atoms with van der Waals surface area (Å²) in [5.74, 6) is 0.478. The predicted octanol–water partition coefficient (Wildman–Crippen LogP) is 4.94. The second-order valence-corrected chi connectivity index (χ2v) is 7.84. The highest BCUT2D eigenvalue weighted by Gasteiger charge is 2.26. The Morgan fingerprint density at radius 3 is 2.77 bits per heavy atom. The van der Waals surface area contributed by atoms with Crippen LogP contribution >= 0.6 is 0 Å². The van der Waals surface area contributed by atoms with Crippen LogP contribution in [0.1, 0.15) is 34.6 Å². The van der Waals surface area contributed by atoms with E-state index in [0.717, 1.165) is 22.6 Å². The maximum atomic E-state index is 11.0. The molecule has 1 aliphatic heterocycles. The van der Waals surface area contributed by atoms with E-state index in [2.05, 4.69) is 36.3 Å². The van der Waals surface area contributed by atoms with Gasteiger partial charge in [-0.1, -0.05) is 18.2 Å². The summed E-state index contributed by atoms with van der Waals surface area (Å²) in [7, 11) is 1.61. The molecule has 1 aromatic heterocycles. The highest BCUT2D eigenvalue weighted by molar-refractivity contribution is 5.72. The first-order chi connectivity index (χ1) is 15.0. The zero-order chi connectivity index (χ0) is 22.0. The van der Waals surface area contributed by atoms with Gasteiger partial charge in [0, 0.05) is 47.6 Å². The first kappa shape index (κ1) is 20.7. The van der Waals surface area contributed by atoms with Gasteiger partial charge < -0.3 is 19.9 Å². The van der Waals surface area contributed by atoms with E-state index >= 15 is 0 Å². The van der Waals surface area contributed by atoms with Crippen LogP contribution in [0, 0.1) is 13.8 Å². The van der Waals surface area contributed by atoms with Gasteiger partial charge in [-0.3, -0.25) is 4.79 Å². The molecule has 0 aliphatic carbocycles. The number of carboxylic acid groups (broad SMARTS) is 1. The van der Waals surface area contributed by atoms with Crippen LogP contribution in [0.3, 0.4) is 0 Å². The van der Waals surface area contributed by atoms with Crippen LogP contribution in [-0.2, 0) is 11.3 Å². The number of aromatic nitrogens is 1. The highest BCUT2D eigenvalue weighted by Crippen LogP contribution is 2.38. The van der Waals surface area contributed by atoms with E-state index in [9.17, 15) is 4.79 Å². The first-order valence-corrected chi connectivity index (χ1v) is 10.3. The van der Waals surface area contributed by atoms with Gasteiger partial charge in [-0.05, 0) is 48.2 Å². The van der Waals surface area contributed by atoms with Gasteiger partial charge in [0.1, 0.15) is 5.75 Å². The fraction of sp³-hybridized carbons (Fsp3) is 0.280. The molecule has 0 bridgehead atoms. The Labute approximate surface area is 181 Å². The van der Waals surface area contributed by atoms with Gasteiger partial charge in [0.2, 0.25) is 5.88 Å². The molecule has 6 heteroatoms. The molecule has 1 atom stereocenters. The lowest BCUT2D eigenvalue weighted by molar-refractivity contribution is -0.137. The number of aryl methyl sites for hydroxylation is 1. The van der Waals surface area contributed by atoms with Gasteiger partial charge in [-0.2, -0.15) is 0 Å². The summed E-state index contributed by atoms with van der Waals surface area (Å²) >= 11 is 0. The monoisotopic (exact) mass is 418 g/mol. The molecule has 1 unspecified atom stereocenters. The summed E-state index contributed by atoms with van der Waals surface area (Å²) in [5, 5.41) is 12.5. The molecule has 4 rings (SSSR count). The molecule has 2 aromatic carbocycles. The lowest BCUT2D eigenvalue weighted by Crippen LogP contribution is -2.07. The number of methoxy groups -OCH3 is 1. The van der Waals surface area contributed by atoms with E-state index < -0.39 is 5.97 Å². The molecule has 0 fully saturated rings. The number of anilines is 1. The Kier molecular flexibility index (Phi) is 5.80. The number of hydrogen-bond donors (Lipinski definition) is 2. The molecular weight excluding hydrogens is 392 g/mol. The van der Waals surface area contributed by atoms with Crippen molar-refractivity contribution in [1.29, 1.82) is 0 Å². The number of aliphatic carboxylic acids is 1. The number of fused-ring (bicyclic) bond motifs is 1. The number of rotatable bonds is 7. The largest absolute Gasteiger partial charge is 0.493 e. The number of hydrogen-bond acceptors (Lipinski definition) is 5. The molecule has 1 aliphatic rings. The van der Waals surface area contributed by atoms with E-state index in [-0.39, 0.29) is 12.3 Å². The van der Waals surface area contributed by atoms with Crippen molar-refractivity contribution in [3.8, 4) is 22.8 Å². The molecule has 0 spiro atoms. The highest BCUT2D eigenvalue weighted by atomic mass is 16.5. The van der Waals surface area contributed by atoms with E-state index in [1.54, 1.807) is 7.11 Å². The van der Waals surface area contributed by atoms with Gasteiger partial charge in [0.25, 0.3) is 0 Å². The van der Waals surface area contributed by atoms with Crippen molar-refractivity contribution in [2.24, 2.45) is 0 Å². The normalized spacial score (nSPS) is 14.6. The number of carbonyl (C=O) groups is 1. The average molecular weight is 418 g/mol. The predicted molar refractivity (Wildman–Crippen MR) is 120 cm³/mol. The van der Waals surface area contributed by atoms with E-state index in [1.165, 1.54) is 22.3 Å². The summed E-state index contributed by atoms with van der Waals surface area (Å²) in [4.78, 5) is 15.4. The van der Waals surface area contributed by atoms with Crippen molar-refractivity contribution in [3.63, 3.8) is 0 Å². The van der Waals surface area contributed by atoms with Gasteiger partial charge in [0.15, 0.2) is 0 Å². The van der Waals surface area contributed by atoms with Crippen LogP contribution in [0.15, 0.2) is 48.7 Å². The molecule has 0 radical (unpaired) electrons. The second-order valence-electron chi connectivity index (χ2n) is 7.84. The molecule has 3 aromatic rings. The maximum absolute atomic E-state index is 11.0. The van der Waals surface area contributed by atoms with Crippen LogP contribution < -0.4 is 14.8 Å². The number of pyridine rings is 1. The molecule has 0 amide bonds. The van der Waals surface area contributed by atoms with Crippen LogP contribution in [-0.4, -0.2) is 29.8 Å². The summed E-state index contributed by atoms with van der Waals surface area (Å²) < 4.78 is 10.9. The minimum atomic E-state index is -0.804. The van der Waals surface area contributed by atoms with E-state index in [1.807, 2.05) is 36.5 Å². The SMILES string of the molecule is COc1ccc(-c2c(C)ccc(CNc3ccc4c(c3)OCC4CC(=O)O)c2C)cn1. The van der Waals surface area contributed by atoms with Crippen molar-refractivity contribution < 1.29 is 19.4 Å². The summed E-state index contributed by atoms with van der Waals surface area (Å²) in [5.41, 5.74) is 7.76. The van der Waals surface area contributed by atoms with Crippen molar-refractivity contribution >= 4 is 11.7 Å². The number of benzene rings is 2. The maximum Gasteiger partial charge on any atom is 0.304 e. The van der Waals surface area contributed by atoms with Crippen LogP contribution in [0.5, 0.6) is 11.6 Å². The molecule has 0 saturated carbocycles. The smallest absolute Gasteiger partial charge is 0.304 e. The number of carboxylic acids is 1. The lowest BCUT2D eigenvalue weighted by Gasteiger charge is -2.16. The Morgan fingerprint density at radius 1 is 1.23 bits per heavy atom. The standard InChI is InChI=1S/C25H26N2O4/c1-15-4-5-17(16(2)25(15)18-6-9-23(30-3)27-13-18)12-26-20-7-8-21-19(10-24(28)29)14-31-22(21)11-20/h4-9,11,13,19,26H,10,12,14H2,1-3H3,(H,28,29). The molecule has 31 heavy (non-hydrogen) atoms. The van der Waals surface area contributed by atoms with Gasteiger partial charge >= 0.3 is 5.97 Å². The fourth-order valence-electron chi connectivity index (χ4n) is 4.14. The second kappa shape index (κ2) is 8.68. The van der Waals surface area contributed by atoms with Gasteiger partial charge in [0.05, 0.1) is 20.1 Å². The third-order valence-corrected chi connectivity index (χ3v) is 5.82. The molecule has 2 heterocycles. The lowest BCUT2D eigenvalue weighted by atomic mass is 9.93. The Bertz CT molecular complexity index is 1110. The van der Waals surface area contributed by atoms with Crippen molar-refractivity contribution in [1.82, 2.24) is 4.98 Å². The molecule has 6 nitrogen and oxygen atoms in total. The molecule has 160 valence electrons. The average Bonchev–Trinajstić information content (AvgIpc) is 3.15. The minimum Gasteiger partial charge on any atom is -0.493 e. The summed E-state index contributed by atoms with van der Waals surface area (Å²) in [6.07, 6.45) is 1.93. The summed E-state index contributed by atoms with van der Waals surface area (Å²) in [6.45, 7) is 5.32. The van der Waals surface area contributed by atoms with Crippen LogP contribution in [0.4, 0.5) is 5.69 Å². The van der Waals surface area contributed by atoms with Crippen molar-refractivity contribution in [3.05, 3.63) is 70.9 Å². The molecule has 2 N–H and O–H groups in total. The zero-order valence-electron chi connectivity index (χ0n) is 17.9. The fourth-order valence-corrected chi connectivity index (χ4v) is 4.14. The van der Waals surface area contributed by atoms with Crippen molar-refractivity contribution in [2.45, 2.75) is 32.7 Å². The van der Waals surface area contributed by atoms with Gasteiger partial charge in [-0.15, -0.1) is 0 Å². The zero-order valence-corrected chi connectivity index (χ0v) is 17.9. The third kappa shape index (κ3) is 4.33. The van der Waals surface area contributed by atoms with Crippen LogP contribution in [0.25, 0.3) is 11.1 Å². The quantitative estimate of drug-likeness (QED) is 0.566. The first-order valence-electron chi connectivity index (χ1n) is 10.3. The van der Waals surface area contributed by atoms with Crippen LogP contribution in [0.2, 0.25) is 0 Å². The molecule has 0 saturated heterocycles. The Hall–Kier alpha value is -3.54.